The van der Waals surface area contributed by atoms with Gasteiger partial charge in [-0.25, -0.2) is 4.79 Å². The third-order valence-electron chi connectivity index (χ3n) is 5.30. The van der Waals surface area contributed by atoms with E-state index in [1.807, 2.05) is 6.92 Å². The molecule has 3 rings (SSSR count). The first kappa shape index (κ1) is 14.6. The molecule has 2 saturated carbocycles. The van der Waals surface area contributed by atoms with E-state index in [9.17, 15) is 14.7 Å². The van der Waals surface area contributed by atoms with Gasteiger partial charge in [0.25, 0.3) is 0 Å². The van der Waals surface area contributed by atoms with Gasteiger partial charge in [-0.15, -0.1) is 0 Å². The third-order valence-corrected chi connectivity index (χ3v) is 5.30. The van der Waals surface area contributed by atoms with Gasteiger partial charge in [0, 0.05) is 13.1 Å². The van der Waals surface area contributed by atoms with Gasteiger partial charge in [0.05, 0.1) is 19.3 Å². The van der Waals surface area contributed by atoms with E-state index >= 15 is 0 Å². The summed E-state index contributed by atoms with van der Waals surface area (Å²) in [7, 11) is 0. The van der Waals surface area contributed by atoms with Gasteiger partial charge in [0.1, 0.15) is 5.92 Å². The number of rotatable bonds is 6. The quantitative estimate of drug-likeness (QED) is 0.774. The molecule has 0 aromatic carbocycles. The Morgan fingerprint density at radius 1 is 1.33 bits per heavy atom. The molecule has 3 fully saturated rings. The normalized spacial score (nSPS) is 30.0. The molecule has 6 heteroatoms. The molecule has 0 radical (unpaired) electrons. The van der Waals surface area contributed by atoms with Crippen molar-refractivity contribution in [2.24, 2.45) is 17.3 Å². The summed E-state index contributed by atoms with van der Waals surface area (Å²) in [6.07, 6.45) is 5.03. The Hall–Kier alpha value is -1.30. The molecule has 2 atom stereocenters. The highest BCUT2D eigenvalue weighted by Crippen LogP contribution is 2.60. The van der Waals surface area contributed by atoms with Crippen molar-refractivity contribution in [3.8, 4) is 0 Å². The van der Waals surface area contributed by atoms with Crippen LogP contribution in [0.3, 0.4) is 0 Å². The van der Waals surface area contributed by atoms with Gasteiger partial charge < -0.3 is 20.1 Å². The number of hydrogen-bond donors (Lipinski definition) is 2. The second kappa shape index (κ2) is 5.48. The topological polar surface area (TPSA) is 78.9 Å². The SMILES string of the molecule is CCN(C(=O)NCC1(C2CC2)CC1)C1COCC1C(=O)O. The summed E-state index contributed by atoms with van der Waals surface area (Å²) >= 11 is 0. The molecular formula is C15H24N2O4. The van der Waals surface area contributed by atoms with Gasteiger partial charge >= 0.3 is 12.0 Å². The van der Waals surface area contributed by atoms with Crippen LogP contribution in [0.4, 0.5) is 4.79 Å². The summed E-state index contributed by atoms with van der Waals surface area (Å²) in [5.74, 6) is -0.705. The summed E-state index contributed by atoms with van der Waals surface area (Å²) in [6.45, 7) is 3.62. The molecule has 1 saturated heterocycles. The number of urea groups is 1. The predicted octanol–water partition coefficient (Wildman–Crippen LogP) is 1.31. The van der Waals surface area contributed by atoms with E-state index in [1.165, 1.54) is 25.7 Å². The largest absolute Gasteiger partial charge is 0.481 e. The molecule has 2 amide bonds. The number of hydrogen-bond acceptors (Lipinski definition) is 3. The van der Waals surface area contributed by atoms with Crippen molar-refractivity contribution in [3.63, 3.8) is 0 Å². The number of ether oxygens (including phenoxy) is 1. The van der Waals surface area contributed by atoms with Crippen LogP contribution >= 0.6 is 0 Å². The molecule has 1 heterocycles. The van der Waals surface area contributed by atoms with Crippen LogP contribution in [0.1, 0.15) is 32.6 Å². The summed E-state index contributed by atoms with van der Waals surface area (Å²) in [5.41, 5.74) is 0.355. The van der Waals surface area contributed by atoms with E-state index in [4.69, 9.17) is 4.74 Å². The molecule has 2 unspecified atom stereocenters. The van der Waals surface area contributed by atoms with E-state index in [2.05, 4.69) is 5.32 Å². The minimum Gasteiger partial charge on any atom is -0.481 e. The van der Waals surface area contributed by atoms with E-state index in [1.54, 1.807) is 4.90 Å². The molecular weight excluding hydrogens is 272 g/mol. The Morgan fingerprint density at radius 2 is 2.05 bits per heavy atom. The number of carbonyl (C=O) groups excluding carboxylic acids is 1. The lowest BCUT2D eigenvalue weighted by atomic mass is 10.0. The number of aliphatic carboxylic acids is 1. The minimum absolute atomic E-state index is 0.147. The summed E-state index contributed by atoms with van der Waals surface area (Å²) in [6, 6.07) is -0.505. The molecule has 3 aliphatic rings. The van der Waals surface area contributed by atoms with Crippen LogP contribution in [0.5, 0.6) is 0 Å². The first-order chi connectivity index (χ1) is 10.1. The molecule has 0 bridgehead atoms. The van der Waals surface area contributed by atoms with Gasteiger partial charge in [0.2, 0.25) is 0 Å². The number of carboxylic acids is 1. The van der Waals surface area contributed by atoms with Crippen molar-refractivity contribution >= 4 is 12.0 Å². The van der Waals surface area contributed by atoms with Gasteiger partial charge in [-0.05, 0) is 43.9 Å². The Morgan fingerprint density at radius 3 is 2.57 bits per heavy atom. The highest BCUT2D eigenvalue weighted by atomic mass is 16.5. The Balaban J connectivity index is 1.57. The first-order valence-corrected chi connectivity index (χ1v) is 7.92. The highest BCUT2D eigenvalue weighted by Gasteiger charge is 2.53. The fraction of sp³-hybridized carbons (Fsp3) is 0.867. The van der Waals surface area contributed by atoms with Crippen LogP contribution in [-0.4, -0.2) is 54.4 Å². The molecule has 21 heavy (non-hydrogen) atoms. The van der Waals surface area contributed by atoms with Crippen molar-refractivity contribution in [3.05, 3.63) is 0 Å². The highest BCUT2D eigenvalue weighted by molar-refractivity contribution is 5.77. The number of carbonyl (C=O) groups is 2. The van der Waals surface area contributed by atoms with Crippen molar-refractivity contribution in [1.29, 1.82) is 0 Å². The van der Waals surface area contributed by atoms with Crippen molar-refractivity contribution in [2.45, 2.75) is 38.6 Å². The fourth-order valence-corrected chi connectivity index (χ4v) is 3.55. The van der Waals surface area contributed by atoms with Crippen molar-refractivity contribution in [1.82, 2.24) is 10.2 Å². The lowest BCUT2D eigenvalue weighted by Gasteiger charge is -2.30. The second-order valence-electron chi connectivity index (χ2n) is 6.63. The number of nitrogens with zero attached hydrogens (tertiary/aromatic N) is 1. The number of amides is 2. The summed E-state index contributed by atoms with van der Waals surface area (Å²) < 4.78 is 5.27. The van der Waals surface area contributed by atoms with E-state index in [-0.39, 0.29) is 18.7 Å². The maximum absolute atomic E-state index is 12.4. The molecule has 6 nitrogen and oxygen atoms in total. The van der Waals surface area contributed by atoms with Crippen LogP contribution in [0.25, 0.3) is 0 Å². The van der Waals surface area contributed by atoms with Gasteiger partial charge in [0.15, 0.2) is 0 Å². The zero-order valence-electron chi connectivity index (χ0n) is 12.5. The lowest BCUT2D eigenvalue weighted by molar-refractivity contribution is -0.142. The molecule has 2 aliphatic carbocycles. The monoisotopic (exact) mass is 296 g/mol. The molecule has 118 valence electrons. The maximum Gasteiger partial charge on any atom is 0.317 e. The standard InChI is InChI=1S/C15H24N2O4/c1-2-17(12-8-21-7-11(12)13(18)19)14(20)16-9-15(5-6-15)10-3-4-10/h10-12H,2-9H2,1H3,(H,16,20)(H,18,19). The van der Waals surface area contributed by atoms with Crippen LogP contribution in [0.2, 0.25) is 0 Å². The third kappa shape index (κ3) is 2.86. The second-order valence-corrected chi connectivity index (χ2v) is 6.63. The van der Waals surface area contributed by atoms with Crippen molar-refractivity contribution in [2.75, 3.05) is 26.3 Å². The smallest absolute Gasteiger partial charge is 0.317 e. The van der Waals surface area contributed by atoms with Gasteiger partial charge in [-0.3, -0.25) is 4.79 Å². The zero-order valence-corrected chi connectivity index (χ0v) is 12.5. The average Bonchev–Trinajstić information content (AvgIpc) is 3.35. The predicted molar refractivity (Wildman–Crippen MR) is 75.9 cm³/mol. The number of likely N-dealkylation sites (N-methyl/N-ethyl adjacent to an activating group) is 1. The van der Waals surface area contributed by atoms with Crippen LogP contribution in [0, 0.1) is 17.3 Å². The minimum atomic E-state index is -0.889. The molecule has 0 aromatic heterocycles. The van der Waals surface area contributed by atoms with E-state index in [0.29, 0.717) is 18.6 Å². The Bertz CT molecular complexity index is 431. The Labute approximate surface area is 124 Å². The molecule has 0 aromatic rings. The Kier molecular flexibility index (Phi) is 3.82. The fourth-order valence-electron chi connectivity index (χ4n) is 3.55. The number of carboxylic acid groups (broad SMARTS) is 1. The van der Waals surface area contributed by atoms with Gasteiger partial charge in [-0.2, -0.15) is 0 Å². The van der Waals surface area contributed by atoms with Crippen LogP contribution in [0.15, 0.2) is 0 Å². The lowest BCUT2D eigenvalue weighted by Crippen LogP contribution is -2.51. The summed E-state index contributed by atoms with van der Waals surface area (Å²) in [4.78, 5) is 25.3. The maximum atomic E-state index is 12.4. The zero-order chi connectivity index (χ0) is 15.0. The van der Waals surface area contributed by atoms with Crippen LogP contribution in [-0.2, 0) is 9.53 Å². The average molecular weight is 296 g/mol. The first-order valence-electron chi connectivity index (χ1n) is 7.92. The summed E-state index contributed by atoms with van der Waals surface area (Å²) in [5, 5.41) is 12.3. The van der Waals surface area contributed by atoms with Crippen LogP contribution < -0.4 is 5.32 Å². The molecule has 1 aliphatic heterocycles. The molecule has 2 N–H and O–H groups in total. The van der Waals surface area contributed by atoms with Crippen molar-refractivity contribution < 1.29 is 19.4 Å². The van der Waals surface area contributed by atoms with E-state index in [0.717, 1.165) is 12.5 Å². The number of nitrogens with one attached hydrogen (secondary N) is 1. The molecule has 0 spiro atoms. The van der Waals surface area contributed by atoms with E-state index < -0.39 is 11.9 Å². The van der Waals surface area contributed by atoms with Gasteiger partial charge in [-0.1, -0.05) is 0 Å².